The van der Waals surface area contributed by atoms with Gasteiger partial charge >= 0.3 is 0 Å². The summed E-state index contributed by atoms with van der Waals surface area (Å²) in [6.45, 7) is 0. The molecule has 1 aromatic heterocycles. The Labute approximate surface area is 146 Å². The zero-order valence-electron chi connectivity index (χ0n) is 13.3. The molecule has 2 aliphatic rings. The lowest BCUT2D eigenvalue weighted by Gasteiger charge is -2.10. The van der Waals surface area contributed by atoms with Gasteiger partial charge in [-0.05, 0) is 53.8 Å². The van der Waals surface area contributed by atoms with Crippen LogP contribution in [0.2, 0.25) is 0 Å². The van der Waals surface area contributed by atoms with Gasteiger partial charge < -0.3 is 0 Å². The number of rotatable bonds is 3. The molecule has 124 valence electrons. The molecular weight excluding hydrogens is 334 g/mol. The molecule has 5 nitrogen and oxygen atoms in total. The van der Waals surface area contributed by atoms with Crippen LogP contribution in [0.4, 0.5) is 0 Å². The van der Waals surface area contributed by atoms with Gasteiger partial charge in [0.15, 0.2) is 0 Å². The number of benzene rings is 1. The molecular formula is C19H15N3O2S. The van der Waals surface area contributed by atoms with Crippen LogP contribution in [0.1, 0.15) is 29.7 Å². The molecule has 2 aliphatic carbocycles. The Kier molecular flexibility index (Phi) is 3.39. The summed E-state index contributed by atoms with van der Waals surface area (Å²) >= 11 is 0. The summed E-state index contributed by atoms with van der Waals surface area (Å²) in [4.78, 5) is 4.26. The minimum absolute atomic E-state index is 0.0987. The predicted octanol–water partition coefficient (Wildman–Crippen LogP) is 2.86. The second-order valence-electron chi connectivity index (χ2n) is 6.46. The number of pyridine rings is 1. The lowest BCUT2D eigenvalue weighted by atomic mass is 9.96. The molecule has 0 bridgehead atoms. The van der Waals surface area contributed by atoms with Crippen molar-refractivity contribution in [3.8, 4) is 6.07 Å². The van der Waals surface area contributed by atoms with Gasteiger partial charge in [-0.25, -0.2) is 18.5 Å². The third-order valence-corrected chi connectivity index (χ3v) is 5.59. The van der Waals surface area contributed by atoms with Crippen molar-refractivity contribution in [1.82, 2.24) is 4.98 Å². The number of hydrogen-bond donors (Lipinski definition) is 1. The number of hydrogen-bond acceptors (Lipinski definition) is 4. The van der Waals surface area contributed by atoms with E-state index in [0.717, 1.165) is 35.1 Å². The molecule has 0 saturated heterocycles. The predicted molar refractivity (Wildman–Crippen MR) is 94.4 cm³/mol. The monoisotopic (exact) mass is 349 g/mol. The van der Waals surface area contributed by atoms with Crippen LogP contribution in [0.15, 0.2) is 59.6 Å². The SMILES string of the molecule is N#Cc1ccc(C2=CC3(C=C2c2ccc(S(N)(=O)=O)cc2)CC3)cn1. The first kappa shape index (κ1) is 15.8. The minimum atomic E-state index is -3.70. The molecule has 25 heavy (non-hydrogen) atoms. The van der Waals surface area contributed by atoms with Gasteiger partial charge in [0.2, 0.25) is 10.0 Å². The summed E-state index contributed by atoms with van der Waals surface area (Å²) in [5.74, 6) is 0. The Hall–Kier alpha value is -2.75. The summed E-state index contributed by atoms with van der Waals surface area (Å²) in [5.41, 5.74) is 4.50. The highest BCUT2D eigenvalue weighted by atomic mass is 32.2. The summed E-state index contributed by atoms with van der Waals surface area (Å²) < 4.78 is 22.9. The van der Waals surface area contributed by atoms with Gasteiger partial charge in [0.05, 0.1) is 4.90 Å². The quantitative estimate of drug-likeness (QED) is 0.921. The molecule has 1 heterocycles. The van der Waals surface area contributed by atoms with E-state index in [1.807, 2.05) is 12.1 Å². The molecule has 6 heteroatoms. The average Bonchev–Trinajstić information content (AvgIpc) is 3.25. The van der Waals surface area contributed by atoms with Crippen LogP contribution in [0.5, 0.6) is 0 Å². The second-order valence-corrected chi connectivity index (χ2v) is 8.02. The maximum atomic E-state index is 11.4. The van der Waals surface area contributed by atoms with Crippen LogP contribution < -0.4 is 5.14 Å². The van der Waals surface area contributed by atoms with Gasteiger partial charge in [0.25, 0.3) is 0 Å². The molecule has 1 saturated carbocycles. The normalized spacial score (nSPS) is 17.8. The topological polar surface area (TPSA) is 96.8 Å². The van der Waals surface area contributed by atoms with E-state index in [1.54, 1.807) is 24.4 Å². The van der Waals surface area contributed by atoms with E-state index in [4.69, 9.17) is 10.4 Å². The maximum Gasteiger partial charge on any atom is 0.238 e. The van der Waals surface area contributed by atoms with Gasteiger partial charge in [0, 0.05) is 17.2 Å². The van der Waals surface area contributed by atoms with Gasteiger partial charge in [-0.2, -0.15) is 5.26 Å². The zero-order chi connectivity index (χ0) is 17.7. The number of nitriles is 1. The van der Waals surface area contributed by atoms with Crippen LogP contribution in [-0.2, 0) is 10.0 Å². The third kappa shape index (κ3) is 2.88. The van der Waals surface area contributed by atoms with E-state index in [1.165, 1.54) is 12.1 Å². The molecule has 2 aromatic rings. The van der Waals surface area contributed by atoms with Gasteiger partial charge in [0.1, 0.15) is 11.8 Å². The smallest absolute Gasteiger partial charge is 0.238 e. The fraction of sp³-hybridized carbons (Fsp3) is 0.158. The molecule has 0 amide bonds. The molecule has 2 N–H and O–H groups in total. The van der Waals surface area contributed by atoms with E-state index >= 15 is 0 Å². The van der Waals surface area contributed by atoms with Crippen LogP contribution in [0.25, 0.3) is 11.1 Å². The number of nitrogens with two attached hydrogens (primary N) is 1. The Balaban J connectivity index is 1.75. The fourth-order valence-corrected chi connectivity index (χ4v) is 3.64. The molecule has 1 spiro atoms. The van der Waals surface area contributed by atoms with E-state index in [0.29, 0.717) is 5.69 Å². The maximum absolute atomic E-state index is 11.4. The standard InChI is InChI=1S/C19H15N3O2S/c20-11-15-4-1-14(12-22-15)18-10-19(7-8-19)9-17(18)13-2-5-16(6-3-13)25(21,23)24/h1-6,9-10,12H,7-8H2,(H2,21,23,24). The van der Waals surface area contributed by atoms with Crippen LogP contribution in [0.3, 0.4) is 0 Å². The summed E-state index contributed by atoms with van der Waals surface area (Å²) in [6, 6.07) is 12.2. The molecule has 0 unspecified atom stereocenters. The number of aromatic nitrogens is 1. The summed E-state index contributed by atoms with van der Waals surface area (Å²) in [6.07, 6.45) is 8.42. The van der Waals surface area contributed by atoms with E-state index in [9.17, 15) is 8.42 Å². The zero-order valence-corrected chi connectivity index (χ0v) is 14.1. The highest BCUT2D eigenvalue weighted by molar-refractivity contribution is 7.89. The number of primary sulfonamides is 1. The molecule has 1 aromatic carbocycles. The lowest BCUT2D eigenvalue weighted by Crippen LogP contribution is -2.11. The largest absolute Gasteiger partial charge is 0.245 e. The molecule has 1 fully saturated rings. The Morgan fingerprint density at radius 3 is 2.08 bits per heavy atom. The van der Waals surface area contributed by atoms with Gasteiger partial charge in [-0.3, -0.25) is 0 Å². The molecule has 4 rings (SSSR count). The van der Waals surface area contributed by atoms with Crippen LogP contribution >= 0.6 is 0 Å². The molecule has 0 aliphatic heterocycles. The number of allylic oxidation sites excluding steroid dienone is 4. The van der Waals surface area contributed by atoms with E-state index < -0.39 is 10.0 Å². The van der Waals surface area contributed by atoms with Crippen LogP contribution in [-0.4, -0.2) is 13.4 Å². The third-order valence-electron chi connectivity index (χ3n) is 4.66. The molecule has 0 atom stereocenters. The first-order valence-corrected chi connectivity index (χ1v) is 9.41. The van der Waals surface area contributed by atoms with Crippen molar-refractivity contribution in [2.24, 2.45) is 10.6 Å². The first-order chi connectivity index (χ1) is 11.9. The number of sulfonamides is 1. The highest BCUT2D eigenvalue weighted by Gasteiger charge is 2.43. The fourth-order valence-electron chi connectivity index (χ4n) is 3.13. The van der Waals surface area contributed by atoms with Gasteiger partial charge in [-0.1, -0.05) is 24.3 Å². The van der Waals surface area contributed by atoms with E-state index in [-0.39, 0.29) is 10.3 Å². The average molecular weight is 349 g/mol. The molecule has 0 radical (unpaired) electrons. The van der Waals surface area contributed by atoms with Crippen molar-refractivity contribution >= 4 is 21.2 Å². The summed E-state index contributed by atoms with van der Waals surface area (Å²) in [5, 5.41) is 14.1. The van der Waals surface area contributed by atoms with Gasteiger partial charge in [-0.15, -0.1) is 0 Å². The highest BCUT2D eigenvalue weighted by Crippen LogP contribution is 2.57. The van der Waals surface area contributed by atoms with Crippen molar-refractivity contribution in [2.45, 2.75) is 17.7 Å². The Morgan fingerprint density at radius 1 is 1.00 bits per heavy atom. The lowest BCUT2D eigenvalue weighted by molar-refractivity contribution is 0.598. The summed E-state index contributed by atoms with van der Waals surface area (Å²) in [7, 11) is -3.70. The Bertz CT molecular complexity index is 1050. The van der Waals surface area contributed by atoms with E-state index in [2.05, 4.69) is 17.1 Å². The number of nitrogens with zero attached hydrogens (tertiary/aromatic N) is 2. The minimum Gasteiger partial charge on any atom is -0.245 e. The van der Waals surface area contributed by atoms with Crippen molar-refractivity contribution in [1.29, 1.82) is 5.26 Å². The Morgan fingerprint density at radius 2 is 1.60 bits per heavy atom. The second kappa shape index (κ2) is 5.38. The van der Waals surface area contributed by atoms with Crippen molar-refractivity contribution in [2.75, 3.05) is 0 Å². The van der Waals surface area contributed by atoms with Crippen molar-refractivity contribution in [3.05, 3.63) is 71.6 Å². The van der Waals surface area contributed by atoms with Crippen LogP contribution in [0, 0.1) is 16.7 Å². The van der Waals surface area contributed by atoms with Crippen molar-refractivity contribution < 1.29 is 8.42 Å². The first-order valence-electron chi connectivity index (χ1n) is 7.86. The van der Waals surface area contributed by atoms with Crippen molar-refractivity contribution in [3.63, 3.8) is 0 Å².